The molecule has 5 heteroatoms. The fourth-order valence-electron chi connectivity index (χ4n) is 2.78. The van der Waals surface area contributed by atoms with Gasteiger partial charge in [-0.1, -0.05) is 13.8 Å². The maximum atomic E-state index is 12.6. The van der Waals surface area contributed by atoms with E-state index in [1.54, 1.807) is 18.6 Å². The normalized spacial score (nSPS) is 23.2. The Bertz CT molecular complexity index is 432. The maximum Gasteiger partial charge on any atom is 0.240 e. The zero-order valence-electron chi connectivity index (χ0n) is 11.9. The molecule has 0 aromatic carbocycles. The van der Waals surface area contributed by atoms with Gasteiger partial charge in [-0.2, -0.15) is 0 Å². The van der Waals surface area contributed by atoms with Gasteiger partial charge in [-0.3, -0.25) is 14.8 Å². The Balaban J connectivity index is 2.15. The van der Waals surface area contributed by atoms with Crippen molar-refractivity contribution in [2.24, 2.45) is 5.41 Å². The van der Waals surface area contributed by atoms with Gasteiger partial charge in [-0.05, 0) is 25.3 Å². The third kappa shape index (κ3) is 3.10. The molecular formula is C14H22N4O. The lowest BCUT2D eigenvalue weighted by molar-refractivity contribution is -0.135. The lowest BCUT2D eigenvalue weighted by atomic mass is 9.80. The van der Waals surface area contributed by atoms with Crippen LogP contribution in [0.15, 0.2) is 18.6 Å². The highest BCUT2D eigenvalue weighted by molar-refractivity contribution is 5.83. The van der Waals surface area contributed by atoms with Crippen LogP contribution in [0.1, 0.15) is 32.4 Å². The first kappa shape index (κ1) is 13.9. The Morgan fingerprint density at radius 1 is 1.47 bits per heavy atom. The van der Waals surface area contributed by atoms with Gasteiger partial charge >= 0.3 is 0 Å². The number of hydrogen-bond donors (Lipinski definition) is 1. The molecule has 1 amide bonds. The van der Waals surface area contributed by atoms with Gasteiger partial charge in [0.2, 0.25) is 5.91 Å². The van der Waals surface area contributed by atoms with E-state index in [1.807, 2.05) is 11.9 Å². The highest BCUT2D eigenvalue weighted by atomic mass is 16.2. The Hall–Kier alpha value is -1.49. The van der Waals surface area contributed by atoms with Crippen molar-refractivity contribution in [3.8, 4) is 0 Å². The van der Waals surface area contributed by atoms with Gasteiger partial charge in [0.05, 0.1) is 24.5 Å². The summed E-state index contributed by atoms with van der Waals surface area (Å²) in [5.41, 5.74) is 0.827. The zero-order valence-corrected chi connectivity index (χ0v) is 11.9. The number of hydrogen-bond acceptors (Lipinski definition) is 4. The Labute approximate surface area is 114 Å². The van der Waals surface area contributed by atoms with Gasteiger partial charge in [0.1, 0.15) is 0 Å². The van der Waals surface area contributed by atoms with Crippen molar-refractivity contribution in [3.05, 3.63) is 24.3 Å². The second kappa shape index (κ2) is 5.65. The molecule has 1 atom stereocenters. The topological polar surface area (TPSA) is 58.1 Å². The highest BCUT2D eigenvalue weighted by Gasteiger charge is 2.38. The molecule has 1 aromatic heterocycles. The fraction of sp³-hybridized carbons (Fsp3) is 0.643. The predicted octanol–water partition coefficient (Wildman–Crippen LogP) is 1.21. The second-order valence-corrected chi connectivity index (χ2v) is 5.77. The second-order valence-electron chi connectivity index (χ2n) is 5.77. The van der Waals surface area contributed by atoms with E-state index in [2.05, 4.69) is 29.1 Å². The molecular weight excluding hydrogens is 240 g/mol. The Kier molecular flexibility index (Phi) is 4.14. The molecule has 2 heterocycles. The molecule has 104 valence electrons. The number of nitrogens with zero attached hydrogens (tertiary/aromatic N) is 3. The van der Waals surface area contributed by atoms with E-state index >= 15 is 0 Å². The van der Waals surface area contributed by atoms with E-state index in [9.17, 15) is 4.79 Å². The lowest BCUT2D eigenvalue weighted by Crippen LogP contribution is -2.50. The number of carbonyl (C=O) groups is 1. The first-order chi connectivity index (χ1) is 9.04. The highest BCUT2D eigenvalue weighted by Crippen LogP contribution is 2.31. The number of likely N-dealkylation sites (N-methyl/N-ethyl adjacent to an activating group) is 1. The van der Waals surface area contributed by atoms with Crippen LogP contribution in [0.2, 0.25) is 0 Å². The van der Waals surface area contributed by atoms with E-state index in [1.165, 1.54) is 0 Å². The van der Waals surface area contributed by atoms with Crippen molar-refractivity contribution in [1.82, 2.24) is 20.2 Å². The van der Waals surface area contributed by atoms with Crippen LogP contribution >= 0.6 is 0 Å². The summed E-state index contributed by atoms with van der Waals surface area (Å²) in [7, 11) is 1.86. The molecule has 1 aromatic rings. The number of rotatable bonds is 3. The average Bonchev–Trinajstić information content (AvgIpc) is 2.48. The van der Waals surface area contributed by atoms with E-state index in [0.29, 0.717) is 6.54 Å². The standard InChI is InChI=1S/C14H22N4O/c1-14(2)5-4-8-18(13(19)12(14)15-3)10-11-9-16-6-7-17-11/h6-7,9,12,15H,4-5,8,10H2,1-3H3. The minimum absolute atomic E-state index is 0.0110. The van der Waals surface area contributed by atoms with Gasteiger partial charge in [-0.15, -0.1) is 0 Å². The molecule has 0 saturated carbocycles. The molecule has 1 aliphatic heterocycles. The van der Waals surface area contributed by atoms with Crippen molar-refractivity contribution < 1.29 is 4.79 Å². The van der Waals surface area contributed by atoms with Crippen LogP contribution in [0.25, 0.3) is 0 Å². The van der Waals surface area contributed by atoms with Crippen LogP contribution in [0.4, 0.5) is 0 Å². The van der Waals surface area contributed by atoms with Crippen molar-refractivity contribution >= 4 is 5.91 Å². The van der Waals surface area contributed by atoms with Gasteiger partial charge in [-0.25, -0.2) is 0 Å². The Morgan fingerprint density at radius 3 is 2.89 bits per heavy atom. The number of amides is 1. The molecule has 1 saturated heterocycles. The summed E-state index contributed by atoms with van der Waals surface area (Å²) in [6, 6.07) is -0.133. The number of nitrogens with one attached hydrogen (secondary N) is 1. The average molecular weight is 262 g/mol. The van der Waals surface area contributed by atoms with Crippen LogP contribution < -0.4 is 5.32 Å². The molecule has 2 rings (SSSR count). The van der Waals surface area contributed by atoms with E-state index in [0.717, 1.165) is 25.1 Å². The smallest absolute Gasteiger partial charge is 0.240 e. The molecule has 5 nitrogen and oxygen atoms in total. The molecule has 1 aliphatic rings. The fourth-order valence-corrected chi connectivity index (χ4v) is 2.78. The van der Waals surface area contributed by atoms with Gasteiger partial charge in [0.25, 0.3) is 0 Å². The molecule has 0 spiro atoms. The molecule has 19 heavy (non-hydrogen) atoms. The van der Waals surface area contributed by atoms with Crippen molar-refractivity contribution in [2.45, 2.75) is 39.3 Å². The van der Waals surface area contributed by atoms with Crippen molar-refractivity contribution in [2.75, 3.05) is 13.6 Å². The first-order valence-corrected chi connectivity index (χ1v) is 6.75. The molecule has 0 aliphatic carbocycles. The molecule has 1 fully saturated rings. The predicted molar refractivity (Wildman–Crippen MR) is 73.3 cm³/mol. The summed E-state index contributed by atoms with van der Waals surface area (Å²) in [5.74, 6) is 0.163. The van der Waals surface area contributed by atoms with Crippen LogP contribution in [0.3, 0.4) is 0 Å². The summed E-state index contributed by atoms with van der Waals surface area (Å²) < 4.78 is 0. The zero-order chi connectivity index (χ0) is 13.9. The van der Waals surface area contributed by atoms with Crippen LogP contribution in [-0.2, 0) is 11.3 Å². The van der Waals surface area contributed by atoms with E-state index in [4.69, 9.17) is 0 Å². The van der Waals surface area contributed by atoms with Gasteiger partial charge in [0, 0.05) is 18.9 Å². The third-order valence-electron chi connectivity index (χ3n) is 3.85. The third-order valence-corrected chi connectivity index (χ3v) is 3.85. The van der Waals surface area contributed by atoms with Crippen LogP contribution in [0, 0.1) is 5.41 Å². The summed E-state index contributed by atoms with van der Waals surface area (Å²) in [6.07, 6.45) is 7.10. The van der Waals surface area contributed by atoms with Gasteiger partial charge in [0.15, 0.2) is 0 Å². The quantitative estimate of drug-likeness (QED) is 0.889. The van der Waals surface area contributed by atoms with Gasteiger partial charge < -0.3 is 10.2 Å². The van der Waals surface area contributed by atoms with Crippen molar-refractivity contribution in [3.63, 3.8) is 0 Å². The first-order valence-electron chi connectivity index (χ1n) is 6.75. The van der Waals surface area contributed by atoms with Crippen LogP contribution in [0.5, 0.6) is 0 Å². The molecule has 1 N–H and O–H groups in total. The summed E-state index contributed by atoms with van der Waals surface area (Å²) in [5, 5.41) is 3.17. The molecule has 1 unspecified atom stereocenters. The Morgan fingerprint density at radius 2 is 2.26 bits per heavy atom. The minimum Gasteiger partial charge on any atom is -0.335 e. The molecule has 0 bridgehead atoms. The van der Waals surface area contributed by atoms with Crippen LogP contribution in [-0.4, -0.2) is 40.4 Å². The number of aromatic nitrogens is 2. The summed E-state index contributed by atoms with van der Waals surface area (Å²) in [4.78, 5) is 22.8. The molecule has 0 radical (unpaired) electrons. The van der Waals surface area contributed by atoms with Crippen molar-refractivity contribution in [1.29, 1.82) is 0 Å². The van der Waals surface area contributed by atoms with E-state index in [-0.39, 0.29) is 17.4 Å². The summed E-state index contributed by atoms with van der Waals surface area (Å²) >= 11 is 0. The largest absolute Gasteiger partial charge is 0.335 e. The number of likely N-dealkylation sites (tertiary alicyclic amines) is 1. The lowest BCUT2D eigenvalue weighted by Gasteiger charge is -2.32. The number of carbonyl (C=O) groups excluding carboxylic acids is 1. The SMILES string of the molecule is CNC1C(=O)N(Cc2cnccn2)CCCC1(C)C. The minimum atomic E-state index is -0.133. The monoisotopic (exact) mass is 262 g/mol. The summed E-state index contributed by atoms with van der Waals surface area (Å²) in [6.45, 7) is 5.63. The maximum absolute atomic E-state index is 12.6. The van der Waals surface area contributed by atoms with E-state index < -0.39 is 0 Å².